The van der Waals surface area contributed by atoms with Crippen molar-refractivity contribution in [3.63, 3.8) is 0 Å². The van der Waals surface area contributed by atoms with Gasteiger partial charge in [-0.05, 0) is 60.7 Å². The van der Waals surface area contributed by atoms with Gasteiger partial charge >= 0.3 is 11.5 Å². The fraction of sp³-hybridized carbons (Fsp3) is 0.321. The van der Waals surface area contributed by atoms with Gasteiger partial charge in [-0.3, -0.25) is 9.69 Å². The summed E-state index contributed by atoms with van der Waals surface area (Å²) in [5, 5.41) is 0. The van der Waals surface area contributed by atoms with Crippen LogP contribution in [-0.4, -0.2) is 36.1 Å². The van der Waals surface area contributed by atoms with Crippen LogP contribution in [0.3, 0.4) is 0 Å². The van der Waals surface area contributed by atoms with Crippen molar-refractivity contribution in [1.29, 1.82) is 0 Å². The highest BCUT2D eigenvalue weighted by atomic mass is 32.2. The van der Waals surface area contributed by atoms with Gasteiger partial charge in [0, 0.05) is 6.54 Å². The molecule has 0 spiro atoms. The smallest absolute Gasteiger partial charge is 0.465 e. The van der Waals surface area contributed by atoms with E-state index in [-0.39, 0.29) is 11.7 Å². The molecular formula is C28H28F3NO3S. The summed E-state index contributed by atoms with van der Waals surface area (Å²) in [4.78, 5) is 15.6. The average Bonchev–Trinajstić information content (AvgIpc) is 2.89. The summed E-state index contributed by atoms with van der Waals surface area (Å²) in [6, 6.07) is 25.7. The zero-order chi connectivity index (χ0) is 25.4. The average molecular weight is 516 g/mol. The van der Waals surface area contributed by atoms with Crippen LogP contribution in [0.15, 0.2) is 84.9 Å². The van der Waals surface area contributed by atoms with Crippen LogP contribution in [0.25, 0.3) is 0 Å². The highest BCUT2D eigenvalue weighted by Crippen LogP contribution is 2.34. The van der Waals surface area contributed by atoms with Crippen molar-refractivity contribution in [3.8, 4) is 5.75 Å². The van der Waals surface area contributed by atoms with Crippen LogP contribution in [0, 0.1) is 5.92 Å². The van der Waals surface area contributed by atoms with E-state index in [2.05, 4.69) is 17.0 Å². The van der Waals surface area contributed by atoms with Crippen LogP contribution in [0.2, 0.25) is 0 Å². The molecule has 0 bridgehead atoms. The Hall–Kier alpha value is -2.97. The number of hydrogen-bond donors (Lipinski definition) is 0. The van der Waals surface area contributed by atoms with Crippen LogP contribution < -0.4 is 4.18 Å². The van der Waals surface area contributed by atoms with Gasteiger partial charge in [-0.15, -0.1) is 0 Å². The number of ether oxygens (including phenoxy) is 1. The third-order valence-electron chi connectivity index (χ3n) is 6.23. The number of halogens is 3. The lowest BCUT2D eigenvalue weighted by atomic mass is 9.91. The number of carbonyl (C=O) groups excluding carboxylic acids is 1. The predicted molar refractivity (Wildman–Crippen MR) is 134 cm³/mol. The van der Waals surface area contributed by atoms with E-state index in [1.807, 2.05) is 48.5 Å². The number of nitrogens with zero attached hydrogens (tertiary/aromatic N) is 1. The van der Waals surface area contributed by atoms with E-state index >= 15 is 0 Å². The Morgan fingerprint density at radius 3 is 2.08 bits per heavy atom. The molecule has 1 fully saturated rings. The van der Waals surface area contributed by atoms with Gasteiger partial charge < -0.3 is 8.92 Å². The third kappa shape index (κ3) is 7.77. The molecule has 1 atom stereocenters. The molecule has 0 aromatic heterocycles. The first-order chi connectivity index (χ1) is 17.4. The van der Waals surface area contributed by atoms with Crippen LogP contribution in [0.4, 0.5) is 13.2 Å². The molecule has 3 aromatic rings. The van der Waals surface area contributed by atoms with E-state index in [0.29, 0.717) is 18.1 Å². The summed E-state index contributed by atoms with van der Waals surface area (Å²) in [6.07, 6.45) is 1.91. The largest absolute Gasteiger partial charge is 0.479 e. The second-order valence-electron chi connectivity index (χ2n) is 8.86. The van der Waals surface area contributed by atoms with Crippen molar-refractivity contribution in [3.05, 3.63) is 102 Å². The fourth-order valence-corrected chi connectivity index (χ4v) is 4.66. The molecule has 1 unspecified atom stereocenters. The fourth-order valence-electron chi connectivity index (χ4n) is 4.36. The first-order valence-electron chi connectivity index (χ1n) is 11.9. The summed E-state index contributed by atoms with van der Waals surface area (Å²) in [7, 11) is 0. The molecule has 8 heteroatoms. The Balaban J connectivity index is 1.34. The van der Waals surface area contributed by atoms with E-state index in [9.17, 15) is 18.0 Å². The summed E-state index contributed by atoms with van der Waals surface area (Å²) in [5.41, 5.74) is -1.81. The number of hydrogen-bond acceptors (Lipinski definition) is 5. The second-order valence-corrected chi connectivity index (χ2v) is 9.66. The Morgan fingerprint density at radius 2 is 1.47 bits per heavy atom. The van der Waals surface area contributed by atoms with Crippen LogP contribution >= 0.6 is 12.0 Å². The maximum atomic E-state index is 13.2. The van der Waals surface area contributed by atoms with E-state index in [4.69, 9.17) is 8.92 Å². The highest BCUT2D eigenvalue weighted by Gasteiger charge is 2.32. The van der Waals surface area contributed by atoms with E-state index in [0.717, 1.165) is 38.0 Å². The number of benzene rings is 3. The number of carbonyl (C=O) groups is 1. The van der Waals surface area contributed by atoms with Crippen molar-refractivity contribution in [2.75, 3.05) is 19.7 Å². The molecule has 0 radical (unpaired) electrons. The Morgan fingerprint density at radius 1 is 0.889 bits per heavy atom. The SMILES string of the molecule is O=C(OCC1CCN(Cc2ccccc2)CC1)C(c1ccccc1)c1ccc(OSC(F)(F)F)cc1. The van der Waals surface area contributed by atoms with E-state index in [1.54, 1.807) is 12.1 Å². The van der Waals surface area contributed by atoms with Crippen molar-refractivity contribution in [1.82, 2.24) is 4.90 Å². The van der Waals surface area contributed by atoms with Gasteiger partial charge in [0.05, 0.1) is 6.61 Å². The summed E-state index contributed by atoms with van der Waals surface area (Å²) < 4.78 is 47.7. The van der Waals surface area contributed by atoms with Crippen LogP contribution in [0.5, 0.6) is 5.75 Å². The van der Waals surface area contributed by atoms with Gasteiger partial charge in [0.1, 0.15) is 11.7 Å². The van der Waals surface area contributed by atoms with Gasteiger partial charge in [0.2, 0.25) is 0 Å². The van der Waals surface area contributed by atoms with Gasteiger partial charge in [0.15, 0.2) is 12.0 Å². The standard InChI is InChI=1S/C28H28F3NO3S/c29-28(30,31)36-35-25-13-11-24(12-14-25)26(23-9-5-2-6-10-23)27(33)34-20-22-15-17-32(18-16-22)19-21-7-3-1-4-8-21/h1-14,22,26H,15-20H2. The highest BCUT2D eigenvalue weighted by molar-refractivity contribution is 7.95. The molecule has 1 aliphatic rings. The predicted octanol–water partition coefficient (Wildman–Crippen LogP) is 6.82. The molecule has 4 rings (SSSR count). The van der Waals surface area contributed by atoms with Gasteiger partial charge in [-0.2, -0.15) is 13.2 Å². The van der Waals surface area contributed by atoms with Crippen molar-refractivity contribution < 1.29 is 26.9 Å². The Bertz CT molecular complexity index is 1090. The Labute approximate surface area is 213 Å². The van der Waals surface area contributed by atoms with E-state index in [1.165, 1.54) is 17.7 Å². The topological polar surface area (TPSA) is 38.8 Å². The summed E-state index contributed by atoms with van der Waals surface area (Å²) >= 11 is -0.567. The molecule has 1 heterocycles. The lowest BCUT2D eigenvalue weighted by molar-refractivity contribution is -0.146. The first-order valence-corrected chi connectivity index (χ1v) is 12.6. The van der Waals surface area contributed by atoms with E-state index < -0.39 is 23.5 Å². The van der Waals surface area contributed by atoms with Gasteiger partial charge in [0.25, 0.3) is 0 Å². The van der Waals surface area contributed by atoms with Crippen molar-refractivity contribution in [2.24, 2.45) is 5.92 Å². The molecule has 0 amide bonds. The minimum atomic E-state index is -4.49. The lowest BCUT2D eigenvalue weighted by Gasteiger charge is -2.32. The normalized spacial score (nSPS) is 15.9. The minimum Gasteiger partial charge on any atom is -0.465 e. The maximum Gasteiger partial charge on any atom is 0.479 e. The van der Waals surface area contributed by atoms with Gasteiger partial charge in [-0.25, -0.2) is 0 Å². The molecular weight excluding hydrogens is 487 g/mol. The molecule has 0 aliphatic carbocycles. The van der Waals surface area contributed by atoms with Crippen molar-refractivity contribution >= 4 is 18.0 Å². The molecule has 1 saturated heterocycles. The first kappa shape index (κ1) is 26.1. The van der Waals surface area contributed by atoms with Crippen molar-refractivity contribution in [2.45, 2.75) is 30.8 Å². The number of esters is 1. The maximum absolute atomic E-state index is 13.2. The second kappa shape index (κ2) is 12.3. The number of likely N-dealkylation sites (tertiary alicyclic amines) is 1. The number of rotatable bonds is 9. The summed E-state index contributed by atoms with van der Waals surface area (Å²) in [6.45, 7) is 3.18. The molecule has 36 heavy (non-hydrogen) atoms. The lowest BCUT2D eigenvalue weighted by Crippen LogP contribution is -2.35. The van der Waals surface area contributed by atoms with Gasteiger partial charge in [-0.1, -0.05) is 72.8 Å². The number of alkyl halides is 3. The summed E-state index contributed by atoms with van der Waals surface area (Å²) in [5.74, 6) is -0.684. The van der Waals surface area contributed by atoms with Crippen LogP contribution in [0.1, 0.15) is 35.4 Å². The zero-order valence-corrected chi connectivity index (χ0v) is 20.5. The Kier molecular flexibility index (Phi) is 8.93. The minimum absolute atomic E-state index is 0.0588. The molecule has 0 N–H and O–H groups in total. The zero-order valence-electron chi connectivity index (χ0n) is 19.7. The number of piperidine rings is 1. The molecule has 3 aromatic carbocycles. The molecule has 1 aliphatic heterocycles. The third-order valence-corrected chi connectivity index (χ3v) is 6.70. The molecule has 190 valence electrons. The monoisotopic (exact) mass is 515 g/mol. The quantitative estimate of drug-likeness (QED) is 0.231. The molecule has 4 nitrogen and oxygen atoms in total. The molecule has 0 saturated carbocycles. The van der Waals surface area contributed by atoms with Crippen LogP contribution in [-0.2, 0) is 16.1 Å².